The van der Waals surface area contributed by atoms with Crippen molar-refractivity contribution in [2.75, 3.05) is 61.4 Å². The molecule has 7 fully saturated rings. The number of rotatable bonds is 12. The molecule has 0 radical (unpaired) electrons. The maximum Gasteiger partial charge on any atom is 0.238 e. The van der Waals surface area contributed by atoms with Crippen LogP contribution in [-0.2, 0) is 29.4 Å². The van der Waals surface area contributed by atoms with Crippen LogP contribution in [0.4, 0.5) is 17.3 Å². The number of piperidine rings is 4. The SMILES string of the molecule is CC(C)n1cnc2cc(-c3ccc4c(c3)N(C3CC(N5CCCCC5)C3)C(=O)C43CCN(C(=O)C4CCC(CC(=O)N5CCC(N(C)c6ccc(C7CCC(=O)NC7=O)cn6)CC5)CC4)CC3)nc(NC3CC3)c21. The molecule has 8 heterocycles. The number of carbonyl (C=O) groups excluding carboxylic acids is 5. The predicted molar refractivity (Wildman–Crippen MR) is 285 cm³/mol. The van der Waals surface area contributed by atoms with Crippen molar-refractivity contribution in [2.45, 2.75) is 171 Å². The number of aromatic nitrogens is 4. The van der Waals surface area contributed by atoms with E-state index < -0.39 is 5.41 Å². The van der Waals surface area contributed by atoms with Crippen LogP contribution in [-0.4, -0.2) is 134 Å². The molecule has 3 aliphatic carbocycles. The number of amides is 5. The molecule has 3 saturated carbocycles. The van der Waals surface area contributed by atoms with E-state index in [-0.39, 0.29) is 65.4 Å². The first-order valence-electron chi connectivity index (χ1n) is 28.4. The summed E-state index contributed by atoms with van der Waals surface area (Å²) < 4.78 is 2.20. The van der Waals surface area contributed by atoms with Crippen LogP contribution in [0.15, 0.2) is 48.9 Å². The second-order valence-corrected chi connectivity index (χ2v) is 23.7. The van der Waals surface area contributed by atoms with Gasteiger partial charge in [0.05, 0.1) is 28.9 Å². The van der Waals surface area contributed by atoms with Crippen LogP contribution in [0, 0.1) is 11.8 Å². The summed E-state index contributed by atoms with van der Waals surface area (Å²) in [5, 5.41) is 6.14. The van der Waals surface area contributed by atoms with Crippen molar-refractivity contribution in [3.8, 4) is 11.3 Å². The van der Waals surface area contributed by atoms with Gasteiger partial charge in [-0.1, -0.05) is 24.6 Å². The molecule has 4 aromatic rings. The third-order valence-electron chi connectivity index (χ3n) is 18.8. The lowest BCUT2D eigenvalue weighted by molar-refractivity contribution is -0.141. The van der Waals surface area contributed by atoms with Crippen LogP contribution in [0.2, 0.25) is 0 Å². The van der Waals surface area contributed by atoms with Crippen molar-refractivity contribution in [1.29, 1.82) is 0 Å². The molecule has 16 nitrogen and oxygen atoms in total. The molecule has 12 rings (SSSR count). The van der Waals surface area contributed by atoms with Gasteiger partial charge in [-0.2, -0.15) is 0 Å². The molecule has 1 atom stereocenters. The lowest BCUT2D eigenvalue weighted by Crippen LogP contribution is -2.58. The number of imidazole rings is 1. The fourth-order valence-corrected chi connectivity index (χ4v) is 13.9. The van der Waals surface area contributed by atoms with Gasteiger partial charge in [-0.05, 0) is 158 Å². The number of imide groups is 1. The summed E-state index contributed by atoms with van der Waals surface area (Å²) in [7, 11) is 2.04. The fourth-order valence-electron chi connectivity index (χ4n) is 13.9. The highest BCUT2D eigenvalue weighted by Gasteiger charge is 2.56. The number of nitrogens with zero attached hydrogens (tertiary/aromatic N) is 9. The molecule has 0 bridgehead atoms. The zero-order chi connectivity index (χ0) is 50.8. The molecule has 1 aromatic carbocycles. The van der Waals surface area contributed by atoms with Gasteiger partial charge in [-0.15, -0.1) is 0 Å². The lowest BCUT2D eigenvalue weighted by Gasteiger charge is -2.48. The van der Waals surface area contributed by atoms with Crippen LogP contribution in [0.25, 0.3) is 22.3 Å². The Balaban J connectivity index is 0.667. The van der Waals surface area contributed by atoms with Crippen LogP contribution >= 0.6 is 0 Å². The van der Waals surface area contributed by atoms with E-state index >= 15 is 4.79 Å². The summed E-state index contributed by atoms with van der Waals surface area (Å²) in [6.07, 6.45) is 19.5. The highest BCUT2D eigenvalue weighted by molar-refractivity contribution is 6.09. The largest absolute Gasteiger partial charge is 0.366 e. The van der Waals surface area contributed by atoms with Crippen molar-refractivity contribution in [1.82, 2.24) is 39.5 Å². The van der Waals surface area contributed by atoms with E-state index in [0.717, 1.165) is 128 Å². The van der Waals surface area contributed by atoms with Crippen LogP contribution in [0.5, 0.6) is 0 Å². The lowest BCUT2D eigenvalue weighted by atomic mass is 9.72. The highest BCUT2D eigenvalue weighted by Crippen LogP contribution is 2.52. The molecule has 3 aromatic heterocycles. The minimum atomic E-state index is -0.656. The number of carbonyl (C=O) groups is 5. The van der Waals surface area contributed by atoms with Crippen molar-refractivity contribution in [3.63, 3.8) is 0 Å². The van der Waals surface area contributed by atoms with Gasteiger partial charge in [-0.25, -0.2) is 15.0 Å². The summed E-state index contributed by atoms with van der Waals surface area (Å²) in [4.78, 5) is 93.1. The summed E-state index contributed by atoms with van der Waals surface area (Å²) in [6.45, 7) is 9.21. The number of anilines is 3. The zero-order valence-corrected chi connectivity index (χ0v) is 43.8. The molecule has 392 valence electrons. The number of hydrogen-bond acceptors (Lipinski definition) is 11. The Hall–Kier alpha value is -5.90. The second kappa shape index (κ2) is 20.0. The molecular formula is C58H75N11O5. The van der Waals surface area contributed by atoms with Crippen molar-refractivity contribution < 1.29 is 24.0 Å². The van der Waals surface area contributed by atoms with Crippen LogP contribution in [0.3, 0.4) is 0 Å². The van der Waals surface area contributed by atoms with E-state index in [9.17, 15) is 19.2 Å². The summed E-state index contributed by atoms with van der Waals surface area (Å²) >= 11 is 0. The highest BCUT2D eigenvalue weighted by atomic mass is 16.2. The molecule has 2 N–H and O–H groups in total. The minimum absolute atomic E-state index is 0.0447. The second-order valence-electron chi connectivity index (χ2n) is 23.7. The Morgan fingerprint density at radius 1 is 0.824 bits per heavy atom. The number of hydrogen-bond donors (Lipinski definition) is 2. The molecular weight excluding hydrogens is 931 g/mol. The number of likely N-dealkylation sites (tertiary alicyclic amines) is 3. The third-order valence-corrected chi connectivity index (χ3v) is 18.8. The van der Waals surface area contributed by atoms with E-state index in [1.54, 1.807) is 6.20 Å². The first kappa shape index (κ1) is 49.0. The van der Waals surface area contributed by atoms with Crippen molar-refractivity contribution >= 4 is 57.9 Å². The van der Waals surface area contributed by atoms with E-state index in [1.165, 1.54) is 19.3 Å². The number of pyridine rings is 2. The molecule has 5 aliphatic heterocycles. The maximum absolute atomic E-state index is 15.2. The summed E-state index contributed by atoms with van der Waals surface area (Å²) in [6, 6.07) is 14.2. The monoisotopic (exact) mass is 1010 g/mol. The van der Waals surface area contributed by atoms with Gasteiger partial charge in [0.1, 0.15) is 11.3 Å². The average molecular weight is 1010 g/mol. The number of nitrogens with one attached hydrogen (secondary N) is 2. The quantitative estimate of drug-likeness (QED) is 0.133. The first-order chi connectivity index (χ1) is 35.9. The van der Waals surface area contributed by atoms with Gasteiger partial charge in [0, 0.05) is 99.6 Å². The van der Waals surface area contributed by atoms with E-state index in [0.29, 0.717) is 70.4 Å². The average Bonchev–Trinajstić information content (AvgIpc) is 4.11. The van der Waals surface area contributed by atoms with Gasteiger partial charge in [0.2, 0.25) is 29.5 Å². The molecule has 1 unspecified atom stereocenters. The molecule has 16 heteroatoms. The Labute approximate surface area is 435 Å². The molecule has 5 amide bonds. The Kier molecular flexibility index (Phi) is 13.2. The smallest absolute Gasteiger partial charge is 0.238 e. The van der Waals surface area contributed by atoms with Gasteiger partial charge in [-0.3, -0.25) is 29.3 Å². The van der Waals surface area contributed by atoms with E-state index in [1.807, 2.05) is 35.3 Å². The number of fused-ring (bicyclic) bond motifs is 3. The van der Waals surface area contributed by atoms with Crippen molar-refractivity contribution in [3.05, 3.63) is 60.0 Å². The standard InChI is InChI=1S/C58H75N11O5/c1-36(2)68-35-60-48-33-47(62-54(53(48)68)61-41-13-14-41)39-11-16-46-49(30-39)69(44-31-43(32-44)65-23-5-4-6-24-65)57(74)58(46)21-27-67(28-22-58)56(73)38-9-7-37(8-10-38)29-52(71)66-25-19-42(20-26-66)64(3)50-17-12-40(34-59-50)45-15-18-51(70)63-55(45)72/h11-12,16-17,30,33-38,41-45H,4-10,13-15,18-29,31-32H2,1-3H3,(H,61,62)(H,63,70,72). The predicted octanol–water partition coefficient (Wildman–Crippen LogP) is 7.72. The normalized spacial score (nSPS) is 26.6. The molecule has 8 aliphatic rings. The maximum atomic E-state index is 15.2. The molecule has 74 heavy (non-hydrogen) atoms. The first-order valence-corrected chi connectivity index (χ1v) is 28.4. The fraction of sp³-hybridized carbons (Fsp3) is 0.621. The Morgan fingerprint density at radius 3 is 2.27 bits per heavy atom. The van der Waals surface area contributed by atoms with Gasteiger partial charge >= 0.3 is 0 Å². The van der Waals surface area contributed by atoms with E-state index in [2.05, 4.69) is 73.0 Å². The summed E-state index contributed by atoms with van der Waals surface area (Å²) in [5.41, 5.74) is 6.12. The topological polar surface area (TPSA) is 169 Å². The zero-order valence-electron chi connectivity index (χ0n) is 43.8. The van der Waals surface area contributed by atoms with E-state index in [4.69, 9.17) is 9.97 Å². The van der Waals surface area contributed by atoms with Crippen molar-refractivity contribution in [2.24, 2.45) is 11.8 Å². The summed E-state index contributed by atoms with van der Waals surface area (Å²) in [5.74, 6) is 1.75. The Morgan fingerprint density at radius 2 is 1.58 bits per heavy atom. The minimum Gasteiger partial charge on any atom is -0.366 e. The van der Waals surface area contributed by atoms with Gasteiger partial charge < -0.3 is 34.4 Å². The van der Waals surface area contributed by atoms with Gasteiger partial charge in [0.25, 0.3) is 0 Å². The van der Waals surface area contributed by atoms with Gasteiger partial charge in [0.15, 0.2) is 5.82 Å². The third kappa shape index (κ3) is 9.24. The number of benzene rings is 1. The molecule has 4 saturated heterocycles. The van der Waals surface area contributed by atoms with Crippen LogP contribution < -0.4 is 20.4 Å². The molecule has 1 spiro atoms. The Bertz CT molecular complexity index is 2790. The van der Waals surface area contributed by atoms with Crippen LogP contribution in [0.1, 0.15) is 153 Å².